The lowest BCUT2D eigenvalue weighted by atomic mass is 9.96. The number of nitrogens with one attached hydrogen (secondary N) is 1. The molecule has 0 amide bonds. The molecule has 0 bridgehead atoms. The minimum atomic E-state index is 0.119. The van der Waals surface area contributed by atoms with E-state index in [9.17, 15) is 0 Å². The van der Waals surface area contributed by atoms with Crippen LogP contribution in [0, 0.1) is 0 Å². The van der Waals surface area contributed by atoms with Crippen molar-refractivity contribution in [2.45, 2.75) is 25.3 Å². The third-order valence-corrected chi connectivity index (χ3v) is 3.18. The van der Waals surface area contributed by atoms with E-state index in [4.69, 9.17) is 22.2 Å². The van der Waals surface area contributed by atoms with Gasteiger partial charge in [0.1, 0.15) is 0 Å². The molecule has 0 saturated carbocycles. The molecule has 3 nitrogen and oxygen atoms in total. The molecule has 1 aliphatic heterocycles. The summed E-state index contributed by atoms with van der Waals surface area (Å²) in [6.45, 7) is 0.804. The van der Waals surface area contributed by atoms with E-state index in [-0.39, 0.29) is 6.04 Å². The normalized spacial score (nSPS) is 17.2. The minimum Gasteiger partial charge on any atom is -0.501 e. The average Bonchev–Trinajstić information content (AvgIpc) is 2.37. The van der Waals surface area contributed by atoms with Crippen molar-refractivity contribution >= 4 is 11.6 Å². The summed E-state index contributed by atoms with van der Waals surface area (Å²) in [5, 5.41) is 0.757. The molecular formula is C13H17ClN2O. The van der Waals surface area contributed by atoms with Gasteiger partial charge < -0.3 is 4.74 Å². The molecule has 2 rings (SSSR count). The van der Waals surface area contributed by atoms with Crippen molar-refractivity contribution in [1.82, 2.24) is 5.43 Å². The lowest BCUT2D eigenvalue weighted by molar-refractivity contribution is 0.219. The van der Waals surface area contributed by atoms with Crippen molar-refractivity contribution < 1.29 is 4.74 Å². The van der Waals surface area contributed by atoms with E-state index < -0.39 is 0 Å². The SMILES string of the molecule is NNC(Cc1cccc(Cl)c1)C1=COCCC1. The molecule has 0 radical (unpaired) electrons. The first kappa shape index (κ1) is 12.4. The van der Waals surface area contributed by atoms with Gasteiger partial charge in [-0.25, -0.2) is 0 Å². The molecule has 0 saturated heterocycles. The van der Waals surface area contributed by atoms with Crippen LogP contribution < -0.4 is 11.3 Å². The molecule has 17 heavy (non-hydrogen) atoms. The van der Waals surface area contributed by atoms with Crippen LogP contribution in [0.4, 0.5) is 0 Å². The lowest BCUT2D eigenvalue weighted by Crippen LogP contribution is -2.39. The number of nitrogens with two attached hydrogens (primary N) is 1. The van der Waals surface area contributed by atoms with Gasteiger partial charge in [0.05, 0.1) is 12.9 Å². The number of halogens is 1. The highest BCUT2D eigenvalue weighted by atomic mass is 35.5. The van der Waals surface area contributed by atoms with Gasteiger partial charge in [0, 0.05) is 11.1 Å². The molecule has 1 aromatic rings. The Bertz CT molecular complexity index is 406. The maximum absolute atomic E-state index is 5.97. The second kappa shape index (κ2) is 6.05. The highest BCUT2D eigenvalue weighted by Crippen LogP contribution is 2.19. The molecule has 92 valence electrons. The van der Waals surface area contributed by atoms with E-state index in [1.807, 2.05) is 24.5 Å². The Labute approximate surface area is 107 Å². The molecule has 3 N–H and O–H groups in total. The third kappa shape index (κ3) is 3.46. The van der Waals surface area contributed by atoms with Crippen LogP contribution in [0.2, 0.25) is 5.02 Å². The Morgan fingerprint density at radius 3 is 3.00 bits per heavy atom. The van der Waals surface area contributed by atoms with E-state index in [2.05, 4.69) is 11.5 Å². The Morgan fingerprint density at radius 1 is 1.47 bits per heavy atom. The van der Waals surface area contributed by atoms with Gasteiger partial charge in [0.2, 0.25) is 0 Å². The fourth-order valence-electron chi connectivity index (χ4n) is 2.04. The number of rotatable bonds is 4. The number of ether oxygens (including phenoxy) is 1. The molecule has 1 heterocycles. The van der Waals surface area contributed by atoms with Crippen molar-refractivity contribution in [3.8, 4) is 0 Å². The van der Waals surface area contributed by atoms with E-state index in [1.54, 1.807) is 0 Å². The Kier molecular flexibility index (Phi) is 4.42. The Balaban J connectivity index is 2.06. The maximum Gasteiger partial charge on any atom is 0.0876 e. The Morgan fingerprint density at radius 2 is 2.35 bits per heavy atom. The number of hydrazine groups is 1. The summed E-state index contributed by atoms with van der Waals surface area (Å²) >= 11 is 5.97. The van der Waals surface area contributed by atoms with Crippen LogP contribution in [-0.2, 0) is 11.2 Å². The van der Waals surface area contributed by atoms with E-state index in [0.29, 0.717) is 0 Å². The first-order chi connectivity index (χ1) is 8.29. The standard InChI is InChI=1S/C13H17ClN2O/c14-12-5-1-3-10(7-12)8-13(16-15)11-4-2-6-17-9-11/h1,3,5,7,9,13,16H,2,4,6,8,15H2. The van der Waals surface area contributed by atoms with Crippen LogP contribution >= 0.6 is 11.6 Å². The molecule has 1 aliphatic rings. The van der Waals surface area contributed by atoms with E-state index >= 15 is 0 Å². The fraction of sp³-hybridized carbons (Fsp3) is 0.385. The number of benzene rings is 1. The first-order valence-electron chi connectivity index (χ1n) is 5.80. The fourth-order valence-corrected chi connectivity index (χ4v) is 2.25. The van der Waals surface area contributed by atoms with Crippen molar-refractivity contribution in [3.05, 3.63) is 46.7 Å². The average molecular weight is 253 g/mol. The molecular weight excluding hydrogens is 236 g/mol. The smallest absolute Gasteiger partial charge is 0.0876 e. The summed E-state index contributed by atoms with van der Waals surface area (Å²) < 4.78 is 5.34. The zero-order valence-corrected chi connectivity index (χ0v) is 10.4. The van der Waals surface area contributed by atoms with E-state index in [0.717, 1.165) is 30.9 Å². The molecule has 0 aromatic heterocycles. The van der Waals surface area contributed by atoms with Gasteiger partial charge >= 0.3 is 0 Å². The maximum atomic E-state index is 5.97. The highest BCUT2D eigenvalue weighted by Gasteiger charge is 2.16. The quantitative estimate of drug-likeness (QED) is 0.639. The zero-order valence-electron chi connectivity index (χ0n) is 9.66. The predicted molar refractivity (Wildman–Crippen MR) is 69.5 cm³/mol. The van der Waals surface area contributed by atoms with Gasteiger partial charge in [-0.05, 0) is 42.5 Å². The molecule has 1 unspecified atom stereocenters. The molecule has 0 fully saturated rings. The summed E-state index contributed by atoms with van der Waals surface area (Å²) in [5.41, 5.74) is 5.24. The predicted octanol–water partition coefficient (Wildman–Crippen LogP) is 2.41. The van der Waals surface area contributed by atoms with Crippen LogP contribution in [0.25, 0.3) is 0 Å². The van der Waals surface area contributed by atoms with Crippen molar-refractivity contribution in [1.29, 1.82) is 0 Å². The highest BCUT2D eigenvalue weighted by molar-refractivity contribution is 6.30. The Hall–Kier alpha value is -1.03. The largest absolute Gasteiger partial charge is 0.501 e. The van der Waals surface area contributed by atoms with Crippen molar-refractivity contribution in [3.63, 3.8) is 0 Å². The van der Waals surface area contributed by atoms with Crippen LogP contribution in [0.15, 0.2) is 36.1 Å². The summed E-state index contributed by atoms with van der Waals surface area (Å²) in [7, 11) is 0. The van der Waals surface area contributed by atoms with Gasteiger partial charge in [-0.15, -0.1) is 0 Å². The summed E-state index contributed by atoms with van der Waals surface area (Å²) in [4.78, 5) is 0. The monoisotopic (exact) mass is 252 g/mol. The van der Waals surface area contributed by atoms with E-state index in [1.165, 1.54) is 11.1 Å². The summed E-state index contributed by atoms with van der Waals surface area (Å²) in [6, 6.07) is 7.97. The molecule has 1 atom stereocenters. The molecule has 0 spiro atoms. The first-order valence-corrected chi connectivity index (χ1v) is 6.18. The van der Waals surface area contributed by atoms with Gasteiger partial charge in [-0.2, -0.15) is 0 Å². The van der Waals surface area contributed by atoms with Crippen molar-refractivity contribution in [2.24, 2.45) is 5.84 Å². The van der Waals surface area contributed by atoms with Crippen LogP contribution in [0.5, 0.6) is 0 Å². The van der Waals surface area contributed by atoms with Gasteiger partial charge in [0.25, 0.3) is 0 Å². The zero-order chi connectivity index (χ0) is 12.1. The third-order valence-electron chi connectivity index (χ3n) is 2.94. The molecule has 0 aliphatic carbocycles. The van der Waals surface area contributed by atoms with Gasteiger partial charge in [0.15, 0.2) is 0 Å². The molecule has 4 heteroatoms. The second-order valence-corrected chi connectivity index (χ2v) is 4.66. The second-order valence-electron chi connectivity index (χ2n) is 4.22. The summed E-state index contributed by atoms with van der Waals surface area (Å²) in [5.74, 6) is 5.61. The number of hydrogen-bond acceptors (Lipinski definition) is 3. The van der Waals surface area contributed by atoms with Gasteiger partial charge in [-0.1, -0.05) is 23.7 Å². The minimum absolute atomic E-state index is 0.119. The lowest BCUT2D eigenvalue weighted by Gasteiger charge is -2.22. The number of hydrogen-bond donors (Lipinski definition) is 2. The van der Waals surface area contributed by atoms with Crippen LogP contribution in [0.3, 0.4) is 0 Å². The summed E-state index contributed by atoms with van der Waals surface area (Å²) in [6.07, 6.45) is 4.75. The topological polar surface area (TPSA) is 47.3 Å². The van der Waals surface area contributed by atoms with Gasteiger partial charge in [-0.3, -0.25) is 11.3 Å². The van der Waals surface area contributed by atoms with Crippen LogP contribution in [0.1, 0.15) is 18.4 Å². The van der Waals surface area contributed by atoms with Crippen LogP contribution in [-0.4, -0.2) is 12.6 Å². The van der Waals surface area contributed by atoms with Crippen molar-refractivity contribution in [2.75, 3.05) is 6.61 Å². The molecule has 1 aromatic carbocycles.